The van der Waals surface area contributed by atoms with Gasteiger partial charge in [0.1, 0.15) is 6.10 Å². The molecule has 1 aromatic rings. The monoisotopic (exact) mass is 378 g/mol. The van der Waals surface area contributed by atoms with E-state index in [0.29, 0.717) is 13.0 Å². The quantitative estimate of drug-likeness (QED) is 0.857. The molecular formula is C16H18ClF3N2O3. The Bertz CT molecular complexity index is 646. The van der Waals surface area contributed by atoms with E-state index in [1.165, 1.54) is 13.0 Å². The summed E-state index contributed by atoms with van der Waals surface area (Å²) in [5.41, 5.74) is -0.947. The van der Waals surface area contributed by atoms with Gasteiger partial charge in [-0.05, 0) is 31.0 Å². The van der Waals surface area contributed by atoms with Crippen molar-refractivity contribution in [2.24, 2.45) is 0 Å². The van der Waals surface area contributed by atoms with Crippen molar-refractivity contribution < 1.29 is 27.5 Å². The Labute approximate surface area is 148 Å². The van der Waals surface area contributed by atoms with E-state index in [2.05, 4.69) is 5.32 Å². The molecule has 25 heavy (non-hydrogen) atoms. The van der Waals surface area contributed by atoms with Crippen molar-refractivity contribution in [1.82, 2.24) is 5.32 Å². The number of anilines is 1. The Balaban J connectivity index is 2.05. The minimum Gasteiger partial charge on any atom is -0.368 e. The zero-order valence-electron chi connectivity index (χ0n) is 13.5. The van der Waals surface area contributed by atoms with Crippen molar-refractivity contribution in [3.8, 4) is 0 Å². The summed E-state index contributed by atoms with van der Waals surface area (Å²) in [5, 5.41) is 2.19. The van der Waals surface area contributed by atoms with Crippen LogP contribution in [0.5, 0.6) is 0 Å². The molecule has 1 aliphatic rings. The third kappa shape index (κ3) is 5.09. The molecule has 0 spiro atoms. The molecule has 0 radical (unpaired) electrons. The number of rotatable bonds is 5. The van der Waals surface area contributed by atoms with Gasteiger partial charge in [0.25, 0.3) is 0 Å². The lowest BCUT2D eigenvalue weighted by Crippen LogP contribution is -2.41. The predicted octanol–water partition coefficient (Wildman–Crippen LogP) is 3.01. The topological polar surface area (TPSA) is 58.6 Å². The zero-order valence-corrected chi connectivity index (χ0v) is 14.3. The van der Waals surface area contributed by atoms with Crippen molar-refractivity contribution >= 4 is 29.1 Å². The van der Waals surface area contributed by atoms with E-state index < -0.39 is 28.8 Å². The summed E-state index contributed by atoms with van der Waals surface area (Å²) >= 11 is 5.59. The van der Waals surface area contributed by atoms with Crippen LogP contribution in [0, 0.1) is 0 Å². The first-order valence-electron chi connectivity index (χ1n) is 7.74. The number of alkyl halides is 3. The first kappa shape index (κ1) is 19.5. The van der Waals surface area contributed by atoms with E-state index in [4.69, 9.17) is 16.3 Å². The molecule has 5 nitrogen and oxygen atoms in total. The first-order valence-corrected chi connectivity index (χ1v) is 8.12. The van der Waals surface area contributed by atoms with Gasteiger partial charge in [-0.25, -0.2) is 0 Å². The highest BCUT2D eigenvalue weighted by atomic mass is 35.5. The van der Waals surface area contributed by atoms with Gasteiger partial charge in [-0.2, -0.15) is 13.2 Å². The van der Waals surface area contributed by atoms with Gasteiger partial charge in [0.15, 0.2) is 0 Å². The Morgan fingerprint density at radius 2 is 2.12 bits per heavy atom. The summed E-state index contributed by atoms with van der Waals surface area (Å²) in [7, 11) is 0. The van der Waals surface area contributed by atoms with Crippen molar-refractivity contribution in [3.05, 3.63) is 28.8 Å². The number of carbonyl (C=O) groups excluding carboxylic acids is 2. The zero-order chi connectivity index (χ0) is 18.6. The predicted molar refractivity (Wildman–Crippen MR) is 86.5 cm³/mol. The van der Waals surface area contributed by atoms with Crippen LogP contribution in [0.2, 0.25) is 5.02 Å². The molecule has 0 aromatic heterocycles. The maximum Gasteiger partial charge on any atom is 0.417 e. The van der Waals surface area contributed by atoms with Crippen molar-refractivity contribution in [3.63, 3.8) is 0 Å². The number of nitrogens with zero attached hydrogens (tertiary/aromatic N) is 1. The summed E-state index contributed by atoms with van der Waals surface area (Å²) in [6.07, 6.45) is -3.68. The molecule has 1 saturated heterocycles. The highest BCUT2D eigenvalue weighted by molar-refractivity contribution is 6.31. The number of hydrogen-bond acceptors (Lipinski definition) is 3. The molecule has 1 unspecified atom stereocenters. The summed E-state index contributed by atoms with van der Waals surface area (Å²) < 4.78 is 44.1. The number of carbonyl (C=O) groups is 2. The van der Waals surface area contributed by atoms with Gasteiger partial charge in [-0.1, -0.05) is 11.6 Å². The highest BCUT2D eigenvalue weighted by Crippen LogP contribution is 2.36. The van der Waals surface area contributed by atoms with Crippen LogP contribution in [-0.2, 0) is 20.5 Å². The Kier molecular flexibility index (Phi) is 6.29. The summed E-state index contributed by atoms with van der Waals surface area (Å²) in [5.74, 6) is -0.727. The van der Waals surface area contributed by atoms with Crippen molar-refractivity contribution in [1.29, 1.82) is 0 Å². The van der Waals surface area contributed by atoms with E-state index in [9.17, 15) is 22.8 Å². The molecule has 1 aliphatic heterocycles. The summed E-state index contributed by atoms with van der Waals surface area (Å²) in [6, 6.07) is 3.26. The molecule has 1 atom stereocenters. The Morgan fingerprint density at radius 1 is 1.40 bits per heavy atom. The van der Waals surface area contributed by atoms with Crippen LogP contribution in [0.4, 0.5) is 18.9 Å². The fraction of sp³-hybridized carbons (Fsp3) is 0.500. The summed E-state index contributed by atoms with van der Waals surface area (Å²) in [6.45, 7) is 1.90. The Hall–Kier alpha value is -1.80. The van der Waals surface area contributed by atoms with Crippen LogP contribution in [0.1, 0.15) is 25.3 Å². The highest BCUT2D eigenvalue weighted by Gasteiger charge is 2.34. The molecule has 0 aliphatic carbocycles. The fourth-order valence-electron chi connectivity index (χ4n) is 2.56. The van der Waals surface area contributed by atoms with E-state index >= 15 is 0 Å². The number of ether oxygens (including phenoxy) is 1. The lowest BCUT2D eigenvalue weighted by molar-refractivity contribution is -0.137. The van der Waals surface area contributed by atoms with Crippen LogP contribution < -0.4 is 10.2 Å². The van der Waals surface area contributed by atoms with Gasteiger partial charge in [0.2, 0.25) is 11.8 Å². The lowest BCUT2D eigenvalue weighted by Gasteiger charge is -2.23. The van der Waals surface area contributed by atoms with Crippen LogP contribution in [0.15, 0.2) is 18.2 Å². The first-order chi connectivity index (χ1) is 11.7. The maximum atomic E-state index is 13.0. The molecule has 1 N–H and O–H groups in total. The minimum absolute atomic E-state index is 0.0344. The third-order valence-corrected chi connectivity index (χ3v) is 4.13. The number of benzene rings is 1. The average molecular weight is 379 g/mol. The smallest absolute Gasteiger partial charge is 0.368 e. The molecule has 0 bridgehead atoms. The average Bonchev–Trinajstić information content (AvgIpc) is 3.05. The molecule has 9 heteroatoms. The molecule has 1 aromatic carbocycles. The molecule has 1 fully saturated rings. The maximum absolute atomic E-state index is 13.0. The fourth-order valence-corrected chi connectivity index (χ4v) is 2.78. The van der Waals surface area contributed by atoms with Gasteiger partial charge in [0, 0.05) is 32.3 Å². The molecule has 2 rings (SSSR count). The van der Waals surface area contributed by atoms with E-state index in [0.717, 1.165) is 23.5 Å². The number of halogens is 4. The van der Waals surface area contributed by atoms with Gasteiger partial charge in [-0.3, -0.25) is 9.59 Å². The van der Waals surface area contributed by atoms with Gasteiger partial charge >= 0.3 is 6.18 Å². The second-order valence-electron chi connectivity index (χ2n) is 5.63. The van der Waals surface area contributed by atoms with Crippen molar-refractivity contribution in [2.45, 2.75) is 32.0 Å². The van der Waals surface area contributed by atoms with Crippen LogP contribution in [0.25, 0.3) is 0 Å². The molecule has 1 heterocycles. The minimum atomic E-state index is -4.62. The SMILES string of the molecule is CC(=O)N(CCNC(=O)C1CCCO1)c1ccc(Cl)c(C(F)(F)F)c1. The van der Waals surface area contributed by atoms with E-state index in [-0.39, 0.29) is 24.7 Å². The molecular weight excluding hydrogens is 361 g/mol. The molecule has 0 saturated carbocycles. The van der Waals surface area contributed by atoms with E-state index in [1.54, 1.807) is 0 Å². The van der Waals surface area contributed by atoms with Gasteiger partial charge < -0.3 is 15.0 Å². The normalized spacial score (nSPS) is 17.4. The largest absolute Gasteiger partial charge is 0.417 e. The number of nitrogens with one attached hydrogen (secondary N) is 1. The standard InChI is InChI=1S/C16H18ClF3N2O3/c1-10(23)22(7-6-21-15(24)14-3-2-8-25-14)11-4-5-13(17)12(9-11)16(18,19)20/h4-5,9,14H,2-3,6-8H2,1H3,(H,21,24). The number of amides is 2. The van der Waals surface area contributed by atoms with Gasteiger partial charge in [-0.15, -0.1) is 0 Å². The second kappa shape index (κ2) is 8.05. The molecule has 2 amide bonds. The van der Waals surface area contributed by atoms with Crippen molar-refractivity contribution in [2.75, 3.05) is 24.6 Å². The van der Waals surface area contributed by atoms with E-state index in [1.807, 2.05) is 0 Å². The third-order valence-electron chi connectivity index (χ3n) is 3.80. The second-order valence-corrected chi connectivity index (χ2v) is 6.03. The number of hydrogen-bond donors (Lipinski definition) is 1. The summed E-state index contributed by atoms with van der Waals surface area (Å²) in [4.78, 5) is 24.8. The van der Waals surface area contributed by atoms with Crippen LogP contribution in [-0.4, -0.2) is 37.6 Å². The molecule has 138 valence electrons. The van der Waals surface area contributed by atoms with Crippen LogP contribution in [0.3, 0.4) is 0 Å². The van der Waals surface area contributed by atoms with Crippen LogP contribution >= 0.6 is 11.6 Å². The van der Waals surface area contributed by atoms with Gasteiger partial charge in [0.05, 0.1) is 10.6 Å². The lowest BCUT2D eigenvalue weighted by atomic mass is 10.1. The Morgan fingerprint density at radius 3 is 2.68 bits per heavy atom.